The van der Waals surface area contributed by atoms with Crippen molar-refractivity contribution in [3.8, 4) is 0 Å². The number of nitrogens with zero attached hydrogens (tertiary/aromatic N) is 1. The zero-order valence-corrected chi connectivity index (χ0v) is 10.0. The maximum atomic E-state index is 11.4. The number of ether oxygens (including phenoxy) is 1. The number of carbonyl (C=O) groups excluding carboxylic acids is 1. The van der Waals surface area contributed by atoms with Crippen molar-refractivity contribution in [2.24, 2.45) is 5.92 Å². The molecule has 2 aliphatic carbocycles. The van der Waals surface area contributed by atoms with Crippen LogP contribution in [0, 0.1) is 5.92 Å². The molecule has 0 aromatic carbocycles. The lowest BCUT2D eigenvalue weighted by Crippen LogP contribution is -2.12. The molecule has 0 radical (unpaired) electrons. The summed E-state index contributed by atoms with van der Waals surface area (Å²) in [6, 6.07) is 0. The van der Waals surface area contributed by atoms with E-state index >= 15 is 0 Å². The molecule has 1 aromatic rings. The average molecular weight is 235 g/mol. The van der Waals surface area contributed by atoms with Gasteiger partial charge in [0, 0.05) is 11.8 Å². The summed E-state index contributed by atoms with van der Waals surface area (Å²) >= 11 is 0. The molecule has 4 heteroatoms. The quantitative estimate of drug-likeness (QED) is 0.756. The molecule has 2 aliphatic rings. The van der Waals surface area contributed by atoms with Gasteiger partial charge in [-0.05, 0) is 32.1 Å². The highest BCUT2D eigenvalue weighted by atomic mass is 16.5. The lowest BCUT2D eigenvalue weighted by atomic mass is 10.1. The number of esters is 1. The van der Waals surface area contributed by atoms with Crippen molar-refractivity contribution in [1.29, 1.82) is 0 Å². The Balaban J connectivity index is 1.66. The molecule has 0 saturated heterocycles. The molecule has 0 amide bonds. The van der Waals surface area contributed by atoms with Crippen molar-refractivity contribution in [3.63, 3.8) is 0 Å². The normalized spacial score (nSPS) is 28.3. The summed E-state index contributed by atoms with van der Waals surface area (Å²) < 4.78 is 10.6. The Labute approximate surface area is 100 Å². The number of aromatic nitrogens is 1. The van der Waals surface area contributed by atoms with Crippen LogP contribution in [0.25, 0.3) is 0 Å². The first kappa shape index (κ1) is 10.8. The summed E-state index contributed by atoms with van der Waals surface area (Å²) in [5.41, 5.74) is 0. The van der Waals surface area contributed by atoms with E-state index in [1.54, 1.807) is 0 Å². The van der Waals surface area contributed by atoms with Crippen LogP contribution in [0.3, 0.4) is 0 Å². The molecule has 0 spiro atoms. The Bertz CT molecular complexity index is 422. The highest BCUT2D eigenvalue weighted by Gasteiger charge is 2.35. The van der Waals surface area contributed by atoms with Gasteiger partial charge in [-0.1, -0.05) is 0 Å². The SMILES string of the molecule is COC(=O)C1CCC(c2ncc(C3CC3)o2)C1. The fourth-order valence-electron chi connectivity index (χ4n) is 2.63. The molecule has 1 heterocycles. The number of carbonyl (C=O) groups is 1. The molecule has 4 nitrogen and oxygen atoms in total. The van der Waals surface area contributed by atoms with Crippen LogP contribution in [-0.2, 0) is 9.53 Å². The Kier molecular flexibility index (Phi) is 2.65. The van der Waals surface area contributed by atoms with Gasteiger partial charge < -0.3 is 9.15 Å². The summed E-state index contributed by atoms with van der Waals surface area (Å²) in [7, 11) is 1.45. The lowest BCUT2D eigenvalue weighted by Gasteiger charge is -2.06. The zero-order chi connectivity index (χ0) is 11.8. The highest BCUT2D eigenvalue weighted by Crippen LogP contribution is 2.43. The van der Waals surface area contributed by atoms with Crippen LogP contribution in [-0.4, -0.2) is 18.1 Å². The van der Waals surface area contributed by atoms with Gasteiger partial charge in [-0.2, -0.15) is 0 Å². The molecule has 0 bridgehead atoms. The maximum absolute atomic E-state index is 11.4. The molecule has 2 unspecified atom stereocenters. The largest absolute Gasteiger partial charge is 0.469 e. The minimum absolute atomic E-state index is 0.0290. The fourth-order valence-corrected chi connectivity index (χ4v) is 2.63. The molecule has 0 N–H and O–H groups in total. The smallest absolute Gasteiger partial charge is 0.308 e. The monoisotopic (exact) mass is 235 g/mol. The van der Waals surface area contributed by atoms with Crippen LogP contribution in [0.15, 0.2) is 10.6 Å². The van der Waals surface area contributed by atoms with E-state index in [-0.39, 0.29) is 11.9 Å². The van der Waals surface area contributed by atoms with Crippen LogP contribution in [0.2, 0.25) is 0 Å². The molecule has 0 aliphatic heterocycles. The third-order valence-corrected chi connectivity index (χ3v) is 3.84. The number of hydrogen-bond donors (Lipinski definition) is 0. The third kappa shape index (κ3) is 2.08. The predicted octanol–water partition coefficient (Wildman–Crippen LogP) is 2.61. The highest BCUT2D eigenvalue weighted by molar-refractivity contribution is 5.72. The van der Waals surface area contributed by atoms with Gasteiger partial charge in [-0.15, -0.1) is 0 Å². The predicted molar refractivity (Wildman–Crippen MR) is 60.6 cm³/mol. The molecule has 3 rings (SSSR count). The van der Waals surface area contributed by atoms with Gasteiger partial charge in [-0.25, -0.2) is 4.98 Å². The molecular formula is C13H17NO3. The second-order valence-electron chi connectivity index (χ2n) is 5.11. The molecular weight excluding hydrogens is 218 g/mol. The summed E-state index contributed by atoms with van der Waals surface area (Å²) in [5.74, 6) is 2.68. The van der Waals surface area contributed by atoms with Crippen molar-refractivity contribution in [1.82, 2.24) is 4.98 Å². The summed E-state index contributed by atoms with van der Waals surface area (Å²) in [6.45, 7) is 0. The number of oxazole rings is 1. The third-order valence-electron chi connectivity index (χ3n) is 3.84. The van der Waals surface area contributed by atoms with E-state index < -0.39 is 0 Å². The van der Waals surface area contributed by atoms with Gasteiger partial charge in [0.2, 0.25) is 0 Å². The van der Waals surface area contributed by atoms with Crippen molar-refractivity contribution < 1.29 is 13.9 Å². The van der Waals surface area contributed by atoms with Crippen LogP contribution in [0.5, 0.6) is 0 Å². The Morgan fingerprint density at radius 1 is 1.35 bits per heavy atom. The maximum Gasteiger partial charge on any atom is 0.308 e. The van der Waals surface area contributed by atoms with Crippen molar-refractivity contribution >= 4 is 5.97 Å². The number of hydrogen-bond acceptors (Lipinski definition) is 4. The lowest BCUT2D eigenvalue weighted by molar-refractivity contribution is -0.145. The van der Waals surface area contributed by atoms with E-state index in [1.807, 2.05) is 6.20 Å². The first-order chi connectivity index (χ1) is 8.28. The summed E-state index contributed by atoms with van der Waals surface area (Å²) in [4.78, 5) is 15.8. The van der Waals surface area contributed by atoms with Crippen LogP contribution >= 0.6 is 0 Å². The number of rotatable bonds is 3. The minimum atomic E-state index is -0.0959. The Hall–Kier alpha value is -1.32. The van der Waals surface area contributed by atoms with E-state index in [0.29, 0.717) is 11.8 Å². The van der Waals surface area contributed by atoms with Crippen LogP contribution in [0.4, 0.5) is 0 Å². The van der Waals surface area contributed by atoms with Gasteiger partial charge >= 0.3 is 5.97 Å². The van der Waals surface area contributed by atoms with Crippen LogP contribution in [0.1, 0.15) is 55.6 Å². The summed E-state index contributed by atoms with van der Waals surface area (Å²) in [6.07, 6.45) is 6.99. The first-order valence-electron chi connectivity index (χ1n) is 6.31. The minimum Gasteiger partial charge on any atom is -0.469 e. The topological polar surface area (TPSA) is 52.3 Å². The molecule has 1 aromatic heterocycles. The Morgan fingerprint density at radius 3 is 2.82 bits per heavy atom. The molecule has 2 atom stereocenters. The van der Waals surface area contributed by atoms with Crippen molar-refractivity contribution in [2.45, 2.75) is 43.9 Å². The molecule has 2 saturated carbocycles. The van der Waals surface area contributed by atoms with Crippen molar-refractivity contribution in [2.75, 3.05) is 7.11 Å². The zero-order valence-electron chi connectivity index (χ0n) is 10.0. The second kappa shape index (κ2) is 4.17. The van der Waals surface area contributed by atoms with Gasteiger partial charge in [0.05, 0.1) is 19.2 Å². The van der Waals surface area contributed by atoms with Gasteiger partial charge in [0.15, 0.2) is 5.89 Å². The standard InChI is InChI=1S/C13H17NO3/c1-16-13(15)10-5-4-9(6-10)12-14-7-11(17-12)8-2-3-8/h7-10H,2-6H2,1H3. The Morgan fingerprint density at radius 2 is 2.12 bits per heavy atom. The molecule has 92 valence electrons. The fraction of sp³-hybridized carbons (Fsp3) is 0.692. The number of methoxy groups -OCH3 is 1. The van der Waals surface area contributed by atoms with Gasteiger partial charge in [0.1, 0.15) is 5.76 Å². The molecule has 2 fully saturated rings. The van der Waals surface area contributed by atoms with E-state index in [0.717, 1.165) is 30.9 Å². The van der Waals surface area contributed by atoms with E-state index in [9.17, 15) is 4.79 Å². The van der Waals surface area contributed by atoms with Crippen molar-refractivity contribution in [3.05, 3.63) is 17.8 Å². The van der Waals surface area contributed by atoms with Gasteiger partial charge in [0.25, 0.3) is 0 Å². The second-order valence-corrected chi connectivity index (χ2v) is 5.11. The van der Waals surface area contributed by atoms with Crippen LogP contribution < -0.4 is 0 Å². The van der Waals surface area contributed by atoms with Gasteiger partial charge in [-0.3, -0.25) is 4.79 Å². The first-order valence-corrected chi connectivity index (χ1v) is 6.31. The van der Waals surface area contributed by atoms with E-state index in [2.05, 4.69) is 4.98 Å². The van der Waals surface area contributed by atoms with E-state index in [1.165, 1.54) is 20.0 Å². The van der Waals surface area contributed by atoms with E-state index in [4.69, 9.17) is 9.15 Å². The summed E-state index contributed by atoms with van der Waals surface area (Å²) in [5, 5.41) is 0. The molecule has 17 heavy (non-hydrogen) atoms. The average Bonchev–Trinajstić information content (AvgIpc) is 2.91.